The van der Waals surface area contributed by atoms with Gasteiger partial charge < -0.3 is 25.1 Å². The Labute approximate surface area is 340 Å². The van der Waals surface area contributed by atoms with Crippen molar-refractivity contribution >= 4 is 11.9 Å². The molecule has 314 valence electrons. The summed E-state index contributed by atoms with van der Waals surface area (Å²) < 4.78 is 21.0. The molecule has 1 aliphatic heterocycles. The molecule has 3 heterocycles. The minimum absolute atomic E-state index is 0.211. The van der Waals surface area contributed by atoms with Gasteiger partial charge in [0.25, 0.3) is 0 Å². The van der Waals surface area contributed by atoms with E-state index in [0.29, 0.717) is 49.2 Å². The van der Waals surface area contributed by atoms with Gasteiger partial charge in [0.2, 0.25) is 0 Å². The van der Waals surface area contributed by atoms with Crippen LogP contribution in [0.2, 0.25) is 0 Å². The van der Waals surface area contributed by atoms with Crippen LogP contribution in [0.5, 0.6) is 0 Å². The Balaban J connectivity index is 1.36. The number of carbonyl (C=O) groups is 2. The predicted octanol–water partition coefficient (Wildman–Crippen LogP) is 8.41. The molecule has 5 aliphatic rings. The number of aliphatic carboxylic acids is 1. The summed E-state index contributed by atoms with van der Waals surface area (Å²) in [5.74, 6) is 0.155. The Kier molecular flexibility index (Phi) is 10.3. The van der Waals surface area contributed by atoms with Crippen molar-refractivity contribution in [2.75, 3.05) is 26.9 Å². The van der Waals surface area contributed by atoms with Crippen LogP contribution in [0.15, 0.2) is 36.3 Å². The lowest BCUT2D eigenvalue weighted by molar-refractivity contribution is -0.253. The number of ether oxygens (including phenoxy) is 3. The SMILES string of the molecule is COC(=O)c1ccnc(-c2ncnn2[C@@H]2C[C@@]34COC[C@](C)([C@@H]3CC[C@H]3C4=CC[C@@]4(C)[C@H](C(=O)O)[C@@](C)([C@H](C)C(C)C)CC[C@]34C)[C@H]2OC[C@](C)(N)C(C)(C)C)c1. The molecule has 0 radical (unpaired) electrons. The first-order valence-electron chi connectivity index (χ1n) is 21.4. The molecule has 2 aromatic heterocycles. The maximum absolute atomic E-state index is 13.6. The van der Waals surface area contributed by atoms with Crippen molar-refractivity contribution in [2.24, 2.45) is 67.8 Å². The van der Waals surface area contributed by atoms with Crippen LogP contribution in [0, 0.1) is 62.1 Å². The quantitative estimate of drug-likeness (QED) is 0.187. The zero-order valence-electron chi connectivity index (χ0n) is 36.6. The summed E-state index contributed by atoms with van der Waals surface area (Å²) in [6.07, 6.45) is 10.7. The Morgan fingerprint density at radius 3 is 2.42 bits per heavy atom. The lowest BCUT2D eigenvalue weighted by atomic mass is 9.34. The summed E-state index contributed by atoms with van der Waals surface area (Å²) in [7, 11) is 1.37. The fourth-order valence-electron chi connectivity index (χ4n) is 13.1. The van der Waals surface area contributed by atoms with Gasteiger partial charge in [0.05, 0.1) is 50.6 Å². The molecule has 11 nitrogen and oxygen atoms in total. The molecular weight excluding hydrogens is 719 g/mol. The van der Waals surface area contributed by atoms with Crippen LogP contribution in [0.1, 0.15) is 131 Å². The van der Waals surface area contributed by atoms with Gasteiger partial charge in [-0.3, -0.25) is 9.78 Å². The highest BCUT2D eigenvalue weighted by molar-refractivity contribution is 5.90. The largest absolute Gasteiger partial charge is 0.481 e. The number of aromatic nitrogens is 4. The van der Waals surface area contributed by atoms with Crippen LogP contribution in [-0.2, 0) is 19.0 Å². The first kappa shape index (κ1) is 42.0. The molecule has 2 aromatic rings. The van der Waals surface area contributed by atoms with E-state index in [9.17, 15) is 14.7 Å². The fourth-order valence-corrected chi connectivity index (χ4v) is 13.1. The van der Waals surface area contributed by atoms with Crippen LogP contribution in [0.3, 0.4) is 0 Å². The molecule has 4 fully saturated rings. The molecule has 2 bridgehead atoms. The molecule has 7 rings (SSSR count). The summed E-state index contributed by atoms with van der Waals surface area (Å²) in [6, 6.07) is 3.09. The molecular formula is C46H69N5O6. The summed E-state index contributed by atoms with van der Waals surface area (Å²) in [4.78, 5) is 35.7. The van der Waals surface area contributed by atoms with Crippen molar-refractivity contribution in [3.63, 3.8) is 0 Å². The van der Waals surface area contributed by atoms with E-state index in [1.165, 1.54) is 12.7 Å². The van der Waals surface area contributed by atoms with Crippen LogP contribution in [-0.4, -0.2) is 75.4 Å². The van der Waals surface area contributed by atoms with E-state index < -0.39 is 34.2 Å². The van der Waals surface area contributed by atoms with E-state index in [-0.39, 0.29) is 51.6 Å². The average Bonchev–Trinajstić information content (AvgIpc) is 3.63. The zero-order valence-corrected chi connectivity index (χ0v) is 36.6. The molecule has 4 aliphatic carbocycles. The molecule has 12 atom stereocenters. The lowest BCUT2D eigenvalue weighted by Gasteiger charge is -2.71. The monoisotopic (exact) mass is 788 g/mol. The second kappa shape index (κ2) is 14.0. The van der Waals surface area contributed by atoms with Crippen LogP contribution in [0.25, 0.3) is 11.5 Å². The van der Waals surface area contributed by atoms with E-state index in [0.717, 1.165) is 32.1 Å². The van der Waals surface area contributed by atoms with Crippen molar-refractivity contribution in [3.05, 3.63) is 41.9 Å². The third-order valence-corrected chi connectivity index (χ3v) is 17.7. The number of carboxylic acid groups (broad SMARTS) is 1. The minimum atomic E-state index is -0.654. The number of methoxy groups -OCH3 is 1. The first-order chi connectivity index (χ1) is 26.5. The van der Waals surface area contributed by atoms with E-state index in [1.54, 1.807) is 24.7 Å². The van der Waals surface area contributed by atoms with E-state index >= 15 is 0 Å². The zero-order chi connectivity index (χ0) is 41.7. The molecule has 0 amide bonds. The third kappa shape index (κ3) is 6.09. The van der Waals surface area contributed by atoms with Gasteiger partial charge in [-0.2, -0.15) is 5.10 Å². The van der Waals surface area contributed by atoms with E-state index in [4.69, 9.17) is 30.0 Å². The molecule has 57 heavy (non-hydrogen) atoms. The van der Waals surface area contributed by atoms with Crippen molar-refractivity contribution in [3.8, 4) is 11.5 Å². The van der Waals surface area contributed by atoms with Crippen LogP contribution in [0.4, 0.5) is 0 Å². The Bertz CT molecular complexity index is 1920. The molecule has 0 spiro atoms. The number of nitrogens with two attached hydrogens (primary N) is 1. The van der Waals surface area contributed by atoms with Crippen molar-refractivity contribution < 1.29 is 28.9 Å². The lowest BCUT2D eigenvalue weighted by Crippen LogP contribution is -2.69. The summed E-state index contributed by atoms with van der Waals surface area (Å²) in [6.45, 7) is 26.1. The van der Waals surface area contributed by atoms with Crippen molar-refractivity contribution in [1.82, 2.24) is 19.7 Å². The van der Waals surface area contributed by atoms with Crippen molar-refractivity contribution in [1.29, 1.82) is 0 Å². The summed E-state index contributed by atoms with van der Waals surface area (Å²) in [5.41, 5.74) is 6.88. The molecule has 0 aromatic carbocycles. The van der Waals surface area contributed by atoms with Gasteiger partial charge in [-0.15, -0.1) is 0 Å². The number of hydrogen-bond donors (Lipinski definition) is 2. The van der Waals surface area contributed by atoms with Crippen LogP contribution < -0.4 is 5.73 Å². The van der Waals surface area contributed by atoms with Gasteiger partial charge in [-0.05, 0) is 103 Å². The number of rotatable bonds is 9. The average molecular weight is 788 g/mol. The number of carboxylic acids is 1. The Hall–Kier alpha value is -3.15. The van der Waals surface area contributed by atoms with Crippen LogP contribution >= 0.6 is 0 Å². The highest BCUT2D eigenvalue weighted by atomic mass is 16.5. The maximum atomic E-state index is 13.6. The fraction of sp³-hybridized carbons (Fsp3) is 0.761. The Morgan fingerprint density at radius 2 is 1.77 bits per heavy atom. The predicted molar refractivity (Wildman–Crippen MR) is 219 cm³/mol. The number of allylic oxidation sites excluding steroid dienone is 1. The highest BCUT2D eigenvalue weighted by Gasteiger charge is 2.72. The standard InChI is InChI=1S/C46H69N5O6/c1-27(2)28(3)41(7)18-19-43(9)30-13-14-34-42(8)23-56-25-46(34,31(30)15-17-44(43,10)35(41)38(52)53)22-33(36(42)57-24-45(11,47)40(4,5)6)51-37(49-26-50-51)32-21-29(16-20-48-32)39(54)55-12/h15-16,20-21,26-28,30,33-36H,13-14,17-19,22-25,47H2,1-12H3,(H,52,53)/t28-,30+,33-,34+,35-,36+,41-,42-,43-,44+,45+,46+/m1/s1. The van der Waals surface area contributed by atoms with E-state index in [2.05, 4.69) is 87.2 Å². The van der Waals surface area contributed by atoms with Gasteiger partial charge in [-0.25, -0.2) is 14.5 Å². The normalized spacial score (nSPS) is 39.2. The topological polar surface area (TPSA) is 152 Å². The first-order valence-corrected chi connectivity index (χ1v) is 21.4. The molecule has 0 unspecified atom stereocenters. The summed E-state index contributed by atoms with van der Waals surface area (Å²) >= 11 is 0. The molecule has 3 N–H and O–H groups in total. The summed E-state index contributed by atoms with van der Waals surface area (Å²) in [5, 5.41) is 16.1. The van der Waals surface area contributed by atoms with E-state index in [1.807, 2.05) is 4.68 Å². The van der Waals surface area contributed by atoms with Gasteiger partial charge in [0.1, 0.15) is 12.0 Å². The number of esters is 1. The second-order valence-corrected chi connectivity index (χ2v) is 21.5. The van der Waals surface area contributed by atoms with Gasteiger partial charge in [0.15, 0.2) is 5.82 Å². The second-order valence-electron chi connectivity index (χ2n) is 21.5. The number of nitrogens with zero attached hydrogens (tertiary/aromatic N) is 4. The highest BCUT2D eigenvalue weighted by Crippen LogP contribution is 2.75. The molecule has 11 heteroatoms. The van der Waals surface area contributed by atoms with Gasteiger partial charge >= 0.3 is 11.9 Å². The number of pyridine rings is 1. The number of fused-ring (bicyclic) bond motifs is 3. The smallest absolute Gasteiger partial charge is 0.337 e. The Morgan fingerprint density at radius 1 is 1.05 bits per heavy atom. The third-order valence-electron chi connectivity index (χ3n) is 17.7. The number of carbonyl (C=O) groups excluding carboxylic acids is 1. The van der Waals surface area contributed by atoms with Crippen molar-refractivity contribution in [2.45, 2.75) is 132 Å². The van der Waals surface area contributed by atoms with Gasteiger partial charge in [-0.1, -0.05) is 80.9 Å². The molecule has 1 saturated heterocycles. The maximum Gasteiger partial charge on any atom is 0.337 e. The number of hydrogen-bond acceptors (Lipinski definition) is 9. The molecule has 3 saturated carbocycles. The minimum Gasteiger partial charge on any atom is -0.481 e. The van der Waals surface area contributed by atoms with Gasteiger partial charge in [0, 0.05) is 22.6 Å².